The Morgan fingerprint density at radius 1 is 1.00 bits per heavy atom. The summed E-state index contributed by atoms with van der Waals surface area (Å²) in [7, 11) is 0. The van der Waals surface area contributed by atoms with E-state index < -0.39 is 18.2 Å². The highest BCUT2D eigenvalue weighted by Crippen LogP contribution is 2.25. The van der Waals surface area contributed by atoms with Crippen LogP contribution in [0.2, 0.25) is 0 Å². The average Bonchev–Trinajstić information content (AvgIpc) is 3.14. The number of fused-ring (bicyclic) bond motifs is 1. The molecule has 0 aliphatic heterocycles. The van der Waals surface area contributed by atoms with Crippen molar-refractivity contribution in [2.75, 3.05) is 6.61 Å². The summed E-state index contributed by atoms with van der Waals surface area (Å²) in [6, 6.07) is 9.25. The molecule has 0 radical (unpaired) electrons. The van der Waals surface area contributed by atoms with E-state index in [0.29, 0.717) is 21.7 Å². The Morgan fingerprint density at radius 3 is 2.48 bits per heavy atom. The maximum absolute atomic E-state index is 13.4. The van der Waals surface area contributed by atoms with Gasteiger partial charge < -0.3 is 14.7 Å². The first kappa shape index (κ1) is 20.4. The van der Waals surface area contributed by atoms with E-state index in [1.165, 1.54) is 47.1 Å². The van der Waals surface area contributed by atoms with Crippen molar-refractivity contribution in [2.45, 2.75) is 13.0 Å². The molecule has 31 heavy (non-hydrogen) atoms. The summed E-state index contributed by atoms with van der Waals surface area (Å²) in [5, 5.41) is 19.9. The van der Waals surface area contributed by atoms with Crippen LogP contribution in [0.15, 0.2) is 54.9 Å². The Kier molecular flexibility index (Phi) is 5.56. The number of ether oxygens (including phenoxy) is 2. The topological polar surface area (TPSA) is 75.6 Å². The van der Waals surface area contributed by atoms with E-state index in [4.69, 9.17) is 4.74 Å². The lowest BCUT2D eigenvalue weighted by molar-refractivity contribution is -0.605. The van der Waals surface area contributed by atoms with Gasteiger partial charge in [0.1, 0.15) is 5.75 Å². The van der Waals surface area contributed by atoms with Gasteiger partial charge in [-0.05, 0) is 42.0 Å². The molecule has 0 aliphatic rings. The molecule has 0 unspecified atom stereocenters. The zero-order valence-electron chi connectivity index (χ0n) is 15.7. The third-order valence-electron chi connectivity index (χ3n) is 4.35. The first-order chi connectivity index (χ1) is 14.9. The third-order valence-corrected chi connectivity index (χ3v) is 4.35. The smallest absolute Gasteiger partial charge is 0.387 e. The first-order valence-electron chi connectivity index (χ1n) is 9.00. The van der Waals surface area contributed by atoms with Gasteiger partial charge in [0.25, 0.3) is 5.88 Å². The van der Waals surface area contributed by atoms with Gasteiger partial charge >= 0.3 is 6.61 Å². The first-order valence-corrected chi connectivity index (χ1v) is 9.00. The van der Waals surface area contributed by atoms with Crippen molar-refractivity contribution in [3.05, 3.63) is 77.3 Å². The van der Waals surface area contributed by atoms with Crippen LogP contribution in [0.25, 0.3) is 17.0 Å². The molecule has 11 heteroatoms. The number of nitrogens with zero attached hydrogens (tertiary/aromatic N) is 4. The second-order valence-electron chi connectivity index (χ2n) is 6.42. The monoisotopic (exact) mass is 434 g/mol. The molecular weight excluding hydrogens is 420 g/mol. The summed E-state index contributed by atoms with van der Waals surface area (Å²) in [5.41, 5.74) is 1.23. The van der Waals surface area contributed by atoms with Crippen molar-refractivity contribution >= 4 is 5.65 Å². The van der Waals surface area contributed by atoms with Gasteiger partial charge in [-0.15, -0.1) is 10.2 Å². The molecule has 7 nitrogen and oxygen atoms in total. The quantitative estimate of drug-likeness (QED) is 0.253. The molecule has 0 saturated heterocycles. The number of aromatic nitrogens is 4. The van der Waals surface area contributed by atoms with Gasteiger partial charge in [-0.3, -0.25) is 0 Å². The second kappa shape index (κ2) is 8.46. The Balaban J connectivity index is 1.59. The lowest BCUT2D eigenvalue weighted by Crippen LogP contribution is -2.26. The van der Waals surface area contributed by atoms with Crippen LogP contribution in [0.3, 0.4) is 0 Å². The molecule has 2 aromatic heterocycles. The Morgan fingerprint density at radius 2 is 1.77 bits per heavy atom. The van der Waals surface area contributed by atoms with E-state index in [0.717, 1.165) is 12.1 Å². The summed E-state index contributed by atoms with van der Waals surface area (Å²) in [6.45, 7) is -2.88. The van der Waals surface area contributed by atoms with Crippen LogP contribution < -0.4 is 14.2 Å². The van der Waals surface area contributed by atoms with Crippen molar-refractivity contribution in [3.63, 3.8) is 0 Å². The van der Waals surface area contributed by atoms with Gasteiger partial charge in [0.15, 0.2) is 17.5 Å². The number of benzene rings is 2. The molecule has 160 valence electrons. The fourth-order valence-corrected chi connectivity index (χ4v) is 2.96. The Labute approximate surface area is 172 Å². The molecule has 0 bridgehead atoms. The van der Waals surface area contributed by atoms with E-state index in [9.17, 15) is 22.8 Å². The normalized spacial score (nSPS) is 11.3. The van der Waals surface area contributed by atoms with Gasteiger partial charge in [-0.1, -0.05) is 6.07 Å². The molecule has 2 aromatic carbocycles. The summed E-state index contributed by atoms with van der Waals surface area (Å²) in [6.07, 6.45) is 2.61. The predicted molar refractivity (Wildman–Crippen MR) is 99.6 cm³/mol. The largest absolute Gasteiger partial charge is 0.618 e. The Bertz CT molecular complexity index is 1220. The number of hydrogen-bond acceptors (Lipinski definition) is 5. The van der Waals surface area contributed by atoms with E-state index >= 15 is 0 Å². The maximum Gasteiger partial charge on any atom is 0.387 e. The summed E-state index contributed by atoms with van der Waals surface area (Å²) >= 11 is 0. The molecule has 0 aliphatic carbocycles. The fraction of sp³-hybridized carbons (Fsp3) is 0.150. The minimum Gasteiger partial charge on any atom is -0.618 e. The van der Waals surface area contributed by atoms with Crippen molar-refractivity contribution in [1.29, 1.82) is 0 Å². The minimum atomic E-state index is -2.94. The molecule has 0 N–H and O–H groups in total. The van der Waals surface area contributed by atoms with E-state index in [1.807, 2.05) is 0 Å². The molecule has 4 rings (SSSR count). The lowest BCUT2D eigenvalue weighted by Gasteiger charge is -2.10. The van der Waals surface area contributed by atoms with Gasteiger partial charge in [0.2, 0.25) is 18.0 Å². The molecule has 2 heterocycles. The van der Waals surface area contributed by atoms with Crippen LogP contribution >= 0.6 is 0 Å². The van der Waals surface area contributed by atoms with E-state index in [1.54, 1.807) is 0 Å². The van der Waals surface area contributed by atoms with Crippen molar-refractivity contribution in [2.24, 2.45) is 0 Å². The lowest BCUT2D eigenvalue weighted by atomic mass is 10.1. The number of rotatable bonds is 7. The van der Waals surface area contributed by atoms with Gasteiger partial charge in [-0.2, -0.15) is 13.5 Å². The highest BCUT2D eigenvalue weighted by Gasteiger charge is 2.17. The molecule has 0 amide bonds. The van der Waals surface area contributed by atoms with Crippen LogP contribution in [0.4, 0.5) is 17.6 Å². The van der Waals surface area contributed by atoms with Crippen molar-refractivity contribution in [3.8, 4) is 23.0 Å². The Hall–Kier alpha value is -3.89. The van der Waals surface area contributed by atoms with Gasteiger partial charge in [-0.25, -0.2) is 13.2 Å². The van der Waals surface area contributed by atoms with E-state index in [-0.39, 0.29) is 30.3 Å². The third kappa shape index (κ3) is 4.49. The highest BCUT2D eigenvalue weighted by atomic mass is 19.3. The molecule has 0 spiro atoms. The number of hydrogen-bond donors (Lipinski definition) is 0. The maximum atomic E-state index is 13.4. The van der Waals surface area contributed by atoms with Gasteiger partial charge in [0.05, 0.1) is 6.61 Å². The second-order valence-corrected chi connectivity index (χ2v) is 6.42. The van der Waals surface area contributed by atoms with Gasteiger partial charge in [0, 0.05) is 12.0 Å². The zero-order chi connectivity index (χ0) is 22.0. The summed E-state index contributed by atoms with van der Waals surface area (Å²) < 4.78 is 63.1. The van der Waals surface area contributed by atoms with Crippen LogP contribution in [0, 0.1) is 16.8 Å². The molecule has 4 aromatic rings. The summed E-state index contributed by atoms with van der Waals surface area (Å²) in [5.74, 6) is -1.50. The predicted octanol–water partition coefficient (Wildman–Crippen LogP) is 3.53. The molecule has 0 fully saturated rings. The van der Waals surface area contributed by atoms with Crippen molar-refractivity contribution < 1.29 is 31.8 Å². The minimum absolute atomic E-state index is 0.0204. The molecule has 0 saturated carbocycles. The SMILES string of the molecule is [O-][n+]1cc(OCCc2ccc(F)c(F)c2)n2c(-c3ccc(OC(F)F)cc3)nnc2c1. The van der Waals surface area contributed by atoms with Crippen molar-refractivity contribution in [1.82, 2.24) is 14.6 Å². The fourth-order valence-electron chi connectivity index (χ4n) is 2.96. The standard InChI is InChI=1S/C20H14F4N4O3/c21-15-6-1-12(9-16(15)22)7-8-30-18-11-27(29)10-17-25-26-19(28(17)18)13-2-4-14(5-3-13)31-20(23)24/h1-6,9-11,20H,7-8H2. The van der Waals surface area contributed by atoms with Crippen LogP contribution in [0.5, 0.6) is 11.6 Å². The highest BCUT2D eigenvalue weighted by molar-refractivity contribution is 5.60. The average molecular weight is 434 g/mol. The number of alkyl halides is 2. The van der Waals surface area contributed by atoms with Crippen LogP contribution in [0.1, 0.15) is 5.56 Å². The summed E-state index contributed by atoms with van der Waals surface area (Å²) in [4.78, 5) is 0. The molecule has 0 atom stereocenters. The molecular formula is C20H14F4N4O3. The van der Waals surface area contributed by atoms with E-state index in [2.05, 4.69) is 14.9 Å². The van der Waals surface area contributed by atoms with Crippen LogP contribution in [-0.4, -0.2) is 27.8 Å². The number of halogens is 4. The zero-order valence-corrected chi connectivity index (χ0v) is 15.7. The van der Waals surface area contributed by atoms with Crippen LogP contribution in [-0.2, 0) is 6.42 Å².